The lowest BCUT2D eigenvalue weighted by Crippen LogP contribution is -2.26. The maximum absolute atomic E-state index is 12.9. The number of benzene rings is 1. The summed E-state index contributed by atoms with van der Waals surface area (Å²) in [6.07, 6.45) is -9.95. The Kier molecular flexibility index (Phi) is 6.24. The van der Waals surface area contributed by atoms with E-state index in [0.717, 1.165) is 0 Å². The molecule has 2 rings (SSSR count). The van der Waals surface area contributed by atoms with Gasteiger partial charge >= 0.3 is 18.3 Å². The molecule has 158 valence electrons. The lowest BCUT2D eigenvalue weighted by molar-refractivity contribution is -0.143. The van der Waals surface area contributed by atoms with Crippen LogP contribution in [0.25, 0.3) is 0 Å². The number of aryl methyl sites for hydroxylation is 1. The van der Waals surface area contributed by atoms with Crippen molar-refractivity contribution in [3.8, 4) is 5.75 Å². The quantitative estimate of drug-likeness (QED) is 0.707. The maximum Gasteiger partial charge on any atom is 0.416 e. The van der Waals surface area contributed by atoms with E-state index in [1.807, 2.05) is 0 Å². The molecule has 0 unspecified atom stereocenters. The standard InChI is InChI=1S/C17H15F6N3O3/c1-9-5-13(14(27)28)25-15(24-9)26(2)3-4-29-12-7-10(16(18,19)20)6-11(8-12)17(21,22)23/h5-8H,3-4H2,1-2H3,(H,27,28). The zero-order valence-corrected chi connectivity index (χ0v) is 15.1. The largest absolute Gasteiger partial charge is 0.492 e. The number of alkyl halides is 6. The Morgan fingerprint density at radius 2 is 1.59 bits per heavy atom. The molecule has 12 heteroatoms. The van der Waals surface area contributed by atoms with Crippen LogP contribution in [0.4, 0.5) is 32.3 Å². The van der Waals surface area contributed by atoms with Crippen molar-refractivity contribution >= 4 is 11.9 Å². The third kappa shape index (κ3) is 5.96. The van der Waals surface area contributed by atoms with Crippen LogP contribution in [0.2, 0.25) is 0 Å². The second-order valence-corrected chi connectivity index (χ2v) is 6.01. The minimum atomic E-state index is -4.97. The fourth-order valence-electron chi connectivity index (χ4n) is 2.24. The number of likely N-dealkylation sites (N-methyl/N-ethyl adjacent to an activating group) is 1. The predicted molar refractivity (Wildman–Crippen MR) is 88.9 cm³/mol. The van der Waals surface area contributed by atoms with Crippen molar-refractivity contribution in [2.75, 3.05) is 25.1 Å². The molecule has 0 aliphatic rings. The van der Waals surface area contributed by atoms with Crippen molar-refractivity contribution < 1.29 is 41.0 Å². The highest BCUT2D eigenvalue weighted by Crippen LogP contribution is 2.38. The monoisotopic (exact) mass is 423 g/mol. The molecule has 0 radical (unpaired) electrons. The molecular formula is C17H15F6N3O3. The summed E-state index contributed by atoms with van der Waals surface area (Å²) < 4.78 is 82.2. The second kappa shape index (κ2) is 8.13. The van der Waals surface area contributed by atoms with Gasteiger partial charge in [0.2, 0.25) is 5.95 Å². The predicted octanol–water partition coefficient (Wildman–Crippen LogP) is 4.04. The third-order valence-electron chi connectivity index (χ3n) is 3.66. The number of carboxylic acids is 1. The molecule has 0 bridgehead atoms. The van der Waals surface area contributed by atoms with E-state index in [9.17, 15) is 31.1 Å². The Balaban J connectivity index is 2.15. The fourth-order valence-corrected chi connectivity index (χ4v) is 2.24. The van der Waals surface area contributed by atoms with Gasteiger partial charge in [0.15, 0.2) is 5.69 Å². The molecule has 0 aliphatic heterocycles. The number of hydrogen-bond donors (Lipinski definition) is 1. The topological polar surface area (TPSA) is 75.5 Å². The van der Waals surface area contributed by atoms with Gasteiger partial charge in [-0.1, -0.05) is 0 Å². The average Bonchev–Trinajstić information content (AvgIpc) is 2.59. The van der Waals surface area contributed by atoms with Gasteiger partial charge in [0, 0.05) is 12.7 Å². The molecule has 0 aliphatic carbocycles. The van der Waals surface area contributed by atoms with Crippen LogP contribution >= 0.6 is 0 Å². The van der Waals surface area contributed by atoms with E-state index in [2.05, 4.69) is 9.97 Å². The van der Waals surface area contributed by atoms with Crippen LogP contribution in [0.3, 0.4) is 0 Å². The number of halogens is 6. The van der Waals surface area contributed by atoms with Gasteiger partial charge in [-0.05, 0) is 31.2 Å². The highest BCUT2D eigenvalue weighted by molar-refractivity contribution is 5.85. The van der Waals surface area contributed by atoms with Gasteiger partial charge in [-0.15, -0.1) is 0 Å². The summed E-state index contributed by atoms with van der Waals surface area (Å²) in [5.74, 6) is -1.85. The number of carbonyl (C=O) groups is 1. The molecule has 6 nitrogen and oxygen atoms in total. The molecular weight excluding hydrogens is 408 g/mol. The van der Waals surface area contributed by atoms with E-state index in [1.165, 1.54) is 18.0 Å². The molecule has 2 aromatic rings. The van der Waals surface area contributed by atoms with E-state index in [-0.39, 0.29) is 30.9 Å². The molecule has 0 spiro atoms. The summed E-state index contributed by atoms with van der Waals surface area (Å²) in [6, 6.07) is 2.20. The maximum atomic E-state index is 12.9. The molecule has 0 saturated heterocycles. The van der Waals surface area contributed by atoms with Gasteiger partial charge in [-0.25, -0.2) is 14.8 Å². The van der Waals surface area contributed by atoms with Crippen LogP contribution < -0.4 is 9.64 Å². The molecule has 1 N–H and O–H groups in total. The van der Waals surface area contributed by atoms with Crippen LogP contribution in [-0.4, -0.2) is 41.2 Å². The first-order chi connectivity index (χ1) is 13.3. The number of carboxylic acid groups (broad SMARTS) is 1. The van der Waals surface area contributed by atoms with Crippen LogP contribution in [0.1, 0.15) is 27.3 Å². The van der Waals surface area contributed by atoms with E-state index >= 15 is 0 Å². The first-order valence-electron chi connectivity index (χ1n) is 8.00. The summed E-state index contributed by atoms with van der Waals surface area (Å²) in [5, 5.41) is 9.01. The lowest BCUT2D eigenvalue weighted by atomic mass is 10.1. The molecule has 1 aromatic heterocycles. The molecule has 0 atom stereocenters. The summed E-state index contributed by atoms with van der Waals surface area (Å²) in [5.41, 5.74) is -2.85. The summed E-state index contributed by atoms with van der Waals surface area (Å²) >= 11 is 0. The molecule has 0 amide bonds. The lowest BCUT2D eigenvalue weighted by Gasteiger charge is -2.19. The van der Waals surface area contributed by atoms with Crippen molar-refractivity contribution in [3.63, 3.8) is 0 Å². The molecule has 1 aromatic carbocycles. The van der Waals surface area contributed by atoms with Crippen LogP contribution in [0.5, 0.6) is 5.75 Å². The summed E-state index contributed by atoms with van der Waals surface area (Å²) in [4.78, 5) is 20.2. The van der Waals surface area contributed by atoms with Crippen molar-refractivity contribution in [2.45, 2.75) is 19.3 Å². The van der Waals surface area contributed by atoms with E-state index in [1.54, 1.807) is 6.92 Å². The van der Waals surface area contributed by atoms with Crippen molar-refractivity contribution in [1.29, 1.82) is 0 Å². The van der Waals surface area contributed by atoms with Crippen molar-refractivity contribution in [3.05, 3.63) is 46.8 Å². The summed E-state index contributed by atoms with van der Waals surface area (Å²) in [6.45, 7) is 1.22. The Hall–Kier alpha value is -3.05. The second-order valence-electron chi connectivity index (χ2n) is 6.01. The molecule has 0 fully saturated rings. The number of hydrogen-bond acceptors (Lipinski definition) is 5. The molecule has 29 heavy (non-hydrogen) atoms. The number of aromatic nitrogens is 2. The Morgan fingerprint density at radius 3 is 2.07 bits per heavy atom. The number of rotatable bonds is 6. The van der Waals surface area contributed by atoms with Crippen LogP contribution in [0.15, 0.2) is 24.3 Å². The highest BCUT2D eigenvalue weighted by Gasteiger charge is 2.37. The summed E-state index contributed by atoms with van der Waals surface area (Å²) in [7, 11) is 1.47. The SMILES string of the molecule is Cc1cc(C(=O)O)nc(N(C)CCOc2cc(C(F)(F)F)cc(C(F)(F)F)c2)n1. The first kappa shape index (κ1) is 22.2. The van der Waals surface area contributed by atoms with Gasteiger partial charge in [0.05, 0.1) is 17.7 Å². The van der Waals surface area contributed by atoms with Crippen molar-refractivity contribution in [2.24, 2.45) is 0 Å². The third-order valence-corrected chi connectivity index (χ3v) is 3.66. The van der Waals surface area contributed by atoms with Gasteiger partial charge in [-0.2, -0.15) is 26.3 Å². The number of aromatic carboxylic acids is 1. The Bertz CT molecular complexity index is 867. The highest BCUT2D eigenvalue weighted by atomic mass is 19.4. The normalized spacial score (nSPS) is 12.0. The van der Waals surface area contributed by atoms with E-state index in [0.29, 0.717) is 17.8 Å². The zero-order valence-electron chi connectivity index (χ0n) is 15.1. The molecule has 0 saturated carbocycles. The van der Waals surface area contributed by atoms with Crippen LogP contribution in [0, 0.1) is 6.92 Å². The van der Waals surface area contributed by atoms with Gasteiger partial charge in [-0.3, -0.25) is 0 Å². The smallest absolute Gasteiger partial charge is 0.416 e. The number of nitrogens with zero attached hydrogens (tertiary/aromatic N) is 3. The van der Waals surface area contributed by atoms with Gasteiger partial charge < -0.3 is 14.7 Å². The molecule has 1 heterocycles. The Labute approximate surface area is 160 Å². The first-order valence-corrected chi connectivity index (χ1v) is 8.00. The van der Waals surface area contributed by atoms with Gasteiger partial charge in [0.25, 0.3) is 0 Å². The van der Waals surface area contributed by atoms with E-state index in [4.69, 9.17) is 9.84 Å². The number of ether oxygens (including phenoxy) is 1. The van der Waals surface area contributed by atoms with Crippen LogP contribution in [-0.2, 0) is 12.4 Å². The van der Waals surface area contributed by atoms with Crippen molar-refractivity contribution in [1.82, 2.24) is 9.97 Å². The average molecular weight is 423 g/mol. The van der Waals surface area contributed by atoms with E-state index < -0.39 is 35.2 Å². The Morgan fingerprint density at radius 1 is 1.03 bits per heavy atom. The zero-order chi connectivity index (χ0) is 22.0. The number of anilines is 1. The minimum Gasteiger partial charge on any atom is -0.492 e. The van der Waals surface area contributed by atoms with Gasteiger partial charge in [0.1, 0.15) is 12.4 Å². The fraction of sp³-hybridized carbons (Fsp3) is 0.353. The minimum absolute atomic E-state index is 0.00694.